The second kappa shape index (κ2) is 14.1. The first-order valence-electron chi connectivity index (χ1n) is 8.60. The second-order valence-corrected chi connectivity index (χ2v) is 5.32. The molecule has 0 aromatic rings. The molecule has 1 aliphatic rings. The van der Waals surface area contributed by atoms with Crippen LogP contribution in [0.2, 0.25) is 0 Å². The molecule has 0 fully saturated rings. The first kappa shape index (κ1) is 20.8. The van der Waals surface area contributed by atoms with Gasteiger partial charge in [0.05, 0.1) is 52.8 Å². The Morgan fingerprint density at radius 3 is 1.67 bits per heavy atom. The minimum absolute atomic E-state index is 0.270. The SMILES string of the molecule is CCCCCOCCOCCOCCOCCN1C(=O)C=CC1=O. The van der Waals surface area contributed by atoms with Crippen molar-refractivity contribution in [3.05, 3.63) is 12.2 Å². The minimum atomic E-state index is -0.286. The maximum absolute atomic E-state index is 11.3. The van der Waals surface area contributed by atoms with Crippen LogP contribution in [0.15, 0.2) is 12.2 Å². The van der Waals surface area contributed by atoms with E-state index in [4.69, 9.17) is 18.9 Å². The molecule has 0 spiro atoms. The molecule has 138 valence electrons. The molecule has 0 bridgehead atoms. The van der Waals surface area contributed by atoms with E-state index in [2.05, 4.69) is 6.92 Å². The highest BCUT2D eigenvalue weighted by Gasteiger charge is 2.22. The summed E-state index contributed by atoms with van der Waals surface area (Å²) in [5, 5.41) is 0. The highest BCUT2D eigenvalue weighted by atomic mass is 16.6. The Hall–Kier alpha value is -1.28. The van der Waals surface area contributed by atoms with Gasteiger partial charge in [-0.05, 0) is 6.42 Å². The Bertz CT molecular complexity index is 367. The second-order valence-electron chi connectivity index (χ2n) is 5.32. The number of hydrogen-bond acceptors (Lipinski definition) is 6. The van der Waals surface area contributed by atoms with Gasteiger partial charge in [0, 0.05) is 18.8 Å². The number of nitrogens with zero attached hydrogens (tertiary/aromatic N) is 1. The fraction of sp³-hybridized carbons (Fsp3) is 0.765. The molecule has 0 aliphatic carbocycles. The van der Waals surface area contributed by atoms with E-state index < -0.39 is 0 Å². The first-order valence-corrected chi connectivity index (χ1v) is 8.60. The van der Waals surface area contributed by atoms with Crippen molar-refractivity contribution in [3.63, 3.8) is 0 Å². The molecule has 0 unspecified atom stereocenters. The van der Waals surface area contributed by atoms with Crippen LogP contribution in [0.25, 0.3) is 0 Å². The fourth-order valence-corrected chi connectivity index (χ4v) is 2.02. The Kier molecular flexibility index (Phi) is 12.2. The van der Waals surface area contributed by atoms with Gasteiger partial charge in [0.1, 0.15) is 0 Å². The van der Waals surface area contributed by atoms with Gasteiger partial charge in [0.25, 0.3) is 11.8 Å². The fourth-order valence-electron chi connectivity index (χ4n) is 2.02. The molecule has 0 saturated carbocycles. The molecule has 0 N–H and O–H groups in total. The zero-order valence-electron chi connectivity index (χ0n) is 14.5. The van der Waals surface area contributed by atoms with E-state index in [9.17, 15) is 9.59 Å². The number of unbranched alkanes of at least 4 members (excludes halogenated alkanes) is 2. The zero-order valence-corrected chi connectivity index (χ0v) is 14.5. The predicted octanol–water partition coefficient (Wildman–Crippen LogP) is 1.17. The number of carbonyl (C=O) groups excluding carboxylic acids is 2. The summed E-state index contributed by atoms with van der Waals surface area (Å²) in [6, 6.07) is 0. The molecule has 24 heavy (non-hydrogen) atoms. The lowest BCUT2D eigenvalue weighted by molar-refractivity contribution is -0.137. The summed E-state index contributed by atoms with van der Waals surface area (Å²) in [6.07, 6.45) is 6.05. The molecule has 1 aliphatic heterocycles. The topological polar surface area (TPSA) is 74.3 Å². The van der Waals surface area contributed by atoms with Crippen molar-refractivity contribution in [1.82, 2.24) is 4.90 Å². The number of imide groups is 1. The van der Waals surface area contributed by atoms with E-state index in [-0.39, 0.29) is 18.4 Å². The number of ether oxygens (including phenoxy) is 4. The standard InChI is InChI=1S/C17H29NO6/c1-2-3-4-8-21-10-12-23-14-15-24-13-11-22-9-7-18-16(19)5-6-17(18)20/h5-6H,2-4,7-15H2,1H3. The van der Waals surface area contributed by atoms with E-state index in [0.717, 1.165) is 17.9 Å². The lowest BCUT2D eigenvalue weighted by Gasteiger charge is -2.13. The Morgan fingerprint density at radius 2 is 1.17 bits per heavy atom. The van der Waals surface area contributed by atoms with Gasteiger partial charge in [-0.3, -0.25) is 14.5 Å². The summed E-state index contributed by atoms with van der Waals surface area (Å²) in [5.41, 5.74) is 0. The summed E-state index contributed by atoms with van der Waals surface area (Å²) >= 11 is 0. The molecule has 0 aromatic heterocycles. The van der Waals surface area contributed by atoms with Crippen molar-refractivity contribution < 1.29 is 28.5 Å². The molecule has 0 saturated heterocycles. The van der Waals surface area contributed by atoms with Crippen LogP contribution in [-0.2, 0) is 28.5 Å². The molecule has 7 heteroatoms. The quantitative estimate of drug-likeness (QED) is 0.309. The predicted molar refractivity (Wildman–Crippen MR) is 88.7 cm³/mol. The zero-order chi connectivity index (χ0) is 17.5. The highest BCUT2D eigenvalue weighted by molar-refractivity contribution is 6.12. The largest absolute Gasteiger partial charge is 0.379 e. The van der Waals surface area contributed by atoms with Crippen LogP contribution < -0.4 is 0 Å². The summed E-state index contributed by atoms with van der Waals surface area (Å²) in [4.78, 5) is 23.7. The van der Waals surface area contributed by atoms with Gasteiger partial charge in [-0.15, -0.1) is 0 Å². The van der Waals surface area contributed by atoms with E-state index in [0.29, 0.717) is 46.2 Å². The van der Waals surface area contributed by atoms with Gasteiger partial charge in [-0.2, -0.15) is 0 Å². The molecule has 0 radical (unpaired) electrons. The monoisotopic (exact) mass is 343 g/mol. The normalized spacial score (nSPS) is 14.1. The van der Waals surface area contributed by atoms with E-state index in [1.54, 1.807) is 0 Å². The van der Waals surface area contributed by atoms with E-state index in [1.165, 1.54) is 25.0 Å². The third-order valence-electron chi connectivity index (χ3n) is 3.37. The van der Waals surface area contributed by atoms with Gasteiger partial charge in [-0.1, -0.05) is 19.8 Å². The van der Waals surface area contributed by atoms with Crippen molar-refractivity contribution in [3.8, 4) is 0 Å². The van der Waals surface area contributed by atoms with E-state index in [1.807, 2.05) is 0 Å². The summed E-state index contributed by atoms with van der Waals surface area (Å²) in [5.74, 6) is -0.572. The molecule has 0 atom stereocenters. The highest BCUT2D eigenvalue weighted by Crippen LogP contribution is 2.02. The molecule has 2 amide bonds. The van der Waals surface area contributed by atoms with Crippen LogP contribution in [0.4, 0.5) is 0 Å². The van der Waals surface area contributed by atoms with Crippen molar-refractivity contribution in [2.75, 3.05) is 59.4 Å². The average Bonchev–Trinajstić information content (AvgIpc) is 2.90. The van der Waals surface area contributed by atoms with Crippen LogP contribution in [0.3, 0.4) is 0 Å². The lowest BCUT2D eigenvalue weighted by atomic mass is 10.3. The Morgan fingerprint density at radius 1 is 0.708 bits per heavy atom. The molecule has 7 nitrogen and oxygen atoms in total. The Labute approximate surface area is 143 Å². The van der Waals surface area contributed by atoms with Crippen molar-refractivity contribution in [2.24, 2.45) is 0 Å². The minimum Gasteiger partial charge on any atom is -0.379 e. The van der Waals surface area contributed by atoms with Gasteiger partial charge in [-0.25, -0.2) is 0 Å². The summed E-state index contributed by atoms with van der Waals surface area (Å²) < 4.78 is 21.5. The number of amides is 2. The smallest absolute Gasteiger partial charge is 0.253 e. The number of rotatable bonds is 16. The van der Waals surface area contributed by atoms with Gasteiger partial charge in [0.2, 0.25) is 0 Å². The molecular formula is C17H29NO6. The van der Waals surface area contributed by atoms with Crippen molar-refractivity contribution in [2.45, 2.75) is 26.2 Å². The van der Waals surface area contributed by atoms with Crippen molar-refractivity contribution >= 4 is 11.8 Å². The van der Waals surface area contributed by atoms with Crippen molar-refractivity contribution in [1.29, 1.82) is 0 Å². The summed E-state index contributed by atoms with van der Waals surface area (Å²) in [7, 11) is 0. The molecule has 0 aromatic carbocycles. The molecule has 1 heterocycles. The van der Waals surface area contributed by atoms with Crippen LogP contribution in [0.1, 0.15) is 26.2 Å². The lowest BCUT2D eigenvalue weighted by Crippen LogP contribution is -2.33. The summed E-state index contributed by atoms with van der Waals surface area (Å²) in [6.45, 7) is 6.67. The average molecular weight is 343 g/mol. The number of hydrogen-bond donors (Lipinski definition) is 0. The van der Waals surface area contributed by atoms with Crippen LogP contribution in [0.5, 0.6) is 0 Å². The van der Waals surface area contributed by atoms with Gasteiger partial charge < -0.3 is 18.9 Å². The molecular weight excluding hydrogens is 314 g/mol. The van der Waals surface area contributed by atoms with Crippen LogP contribution in [0, 0.1) is 0 Å². The van der Waals surface area contributed by atoms with Crippen LogP contribution in [-0.4, -0.2) is 76.1 Å². The van der Waals surface area contributed by atoms with E-state index >= 15 is 0 Å². The third kappa shape index (κ3) is 9.77. The van der Waals surface area contributed by atoms with Crippen LogP contribution >= 0.6 is 0 Å². The molecule has 1 rings (SSSR count). The first-order chi connectivity index (χ1) is 11.8. The number of carbonyl (C=O) groups is 2. The van der Waals surface area contributed by atoms with Gasteiger partial charge >= 0.3 is 0 Å². The maximum Gasteiger partial charge on any atom is 0.253 e. The Balaban J connectivity index is 1.75. The third-order valence-corrected chi connectivity index (χ3v) is 3.37. The van der Waals surface area contributed by atoms with Gasteiger partial charge in [0.15, 0.2) is 0 Å². The maximum atomic E-state index is 11.3.